The van der Waals surface area contributed by atoms with Crippen LogP contribution in [0.3, 0.4) is 0 Å². The van der Waals surface area contributed by atoms with Crippen LogP contribution in [0.5, 0.6) is 6.01 Å². The molecule has 1 aromatic carbocycles. The Morgan fingerprint density at radius 1 is 1.24 bits per heavy atom. The van der Waals surface area contributed by atoms with Gasteiger partial charge in [-0.05, 0) is 12.0 Å². The number of amides is 1. The summed E-state index contributed by atoms with van der Waals surface area (Å²) in [7, 11) is 3.18. The molecule has 156 valence electrons. The van der Waals surface area contributed by atoms with Crippen molar-refractivity contribution >= 4 is 5.91 Å². The summed E-state index contributed by atoms with van der Waals surface area (Å²) in [4.78, 5) is 21.2. The van der Waals surface area contributed by atoms with E-state index in [9.17, 15) is 9.90 Å². The maximum atomic E-state index is 13.1. The molecule has 9 heteroatoms. The molecule has 2 fully saturated rings. The minimum Gasteiger partial charge on any atom is -0.467 e. The molecule has 0 aliphatic carbocycles. The van der Waals surface area contributed by atoms with Crippen LogP contribution in [0, 0.1) is 0 Å². The van der Waals surface area contributed by atoms with E-state index in [2.05, 4.69) is 15.0 Å². The number of ether oxygens (including phenoxy) is 2. The molecule has 0 spiro atoms. The van der Waals surface area contributed by atoms with Crippen LogP contribution in [0.2, 0.25) is 0 Å². The fourth-order valence-corrected chi connectivity index (χ4v) is 4.26. The Balaban J connectivity index is 1.61. The van der Waals surface area contributed by atoms with Gasteiger partial charge in [0.25, 0.3) is 5.91 Å². The third kappa shape index (κ3) is 3.73. The minimum atomic E-state index is -1.04. The van der Waals surface area contributed by atoms with Gasteiger partial charge in [0.1, 0.15) is 5.60 Å². The molecular weight excluding hydrogens is 374 g/mol. The van der Waals surface area contributed by atoms with Crippen molar-refractivity contribution in [2.75, 3.05) is 46.5 Å². The van der Waals surface area contributed by atoms with Gasteiger partial charge in [-0.1, -0.05) is 30.3 Å². The van der Waals surface area contributed by atoms with Gasteiger partial charge in [-0.15, -0.1) is 5.10 Å². The van der Waals surface area contributed by atoms with Gasteiger partial charge < -0.3 is 19.5 Å². The molecule has 0 unspecified atom stereocenters. The summed E-state index contributed by atoms with van der Waals surface area (Å²) in [6, 6.07) is 9.77. The number of methoxy groups -OCH3 is 1. The second-order valence-electron chi connectivity index (χ2n) is 7.50. The largest absolute Gasteiger partial charge is 0.467 e. The summed E-state index contributed by atoms with van der Waals surface area (Å²) in [5.41, 5.74) is -0.161. The zero-order chi connectivity index (χ0) is 20.4. The lowest BCUT2D eigenvalue weighted by Gasteiger charge is -2.50. The van der Waals surface area contributed by atoms with E-state index < -0.39 is 5.60 Å². The molecule has 2 aromatic rings. The highest BCUT2D eigenvalue weighted by molar-refractivity contribution is 5.90. The molecule has 1 aromatic heterocycles. The van der Waals surface area contributed by atoms with E-state index in [0.717, 1.165) is 18.7 Å². The Labute approximate surface area is 169 Å². The molecule has 4 rings (SSSR count). The highest BCUT2D eigenvalue weighted by Crippen LogP contribution is 2.36. The van der Waals surface area contributed by atoms with Gasteiger partial charge in [-0.2, -0.15) is 4.98 Å². The molecule has 2 saturated heterocycles. The van der Waals surface area contributed by atoms with Crippen LogP contribution in [-0.4, -0.2) is 88.1 Å². The summed E-state index contributed by atoms with van der Waals surface area (Å²) in [6.07, 6.45) is 0.439. The first kappa shape index (κ1) is 19.8. The fourth-order valence-electron chi connectivity index (χ4n) is 4.26. The fraction of sp³-hybridized carbons (Fsp3) is 0.550. The smallest absolute Gasteiger partial charge is 0.314 e. The highest BCUT2D eigenvalue weighted by atomic mass is 16.5. The Bertz CT molecular complexity index is 852. The van der Waals surface area contributed by atoms with Crippen LogP contribution in [-0.2, 0) is 17.4 Å². The number of nitrogens with zero attached hydrogens (tertiary/aromatic N) is 5. The topological polar surface area (TPSA) is 92.9 Å². The number of carbonyl (C=O) groups excluding carboxylic acids is 1. The number of morpholine rings is 1. The monoisotopic (exact) mass is 401 g/mol. The zero-order valence-corrected chi connectivity index (χ0v) is 16.8. The van der Waals surface area contributed by atoms with Crippen molar-refractivity contribution in [2.45, 2.75) is 18.1 Å². The second-order valence-corrected chi connectivity index (χ2v) is 7.50. The van der Waals surface area contributed by atoms with E-state index in [1.807, 2.05) is 30.3 Å². The summed E-state index contributed by atoms with van der Waals surface area (Å²) in [5, 5.41) is 15.9. The first-order valence-electron chi connectivity index (χ1n) is 9.87. The van der Waals surface area contributed by atoms with Gasteiger partial charge in [0.05, 0.1) is 26.4 Å². The number of aryl methyl sites for hydroxylation is 1. The van der Waals surface area contributed by atoms with E-state index in [-0.39, 0.29) is 23.8 Å². The number of rotatable bonds is 4. The number of hydrogen-bond donors (Lipinski definition) is 1. The minimum absolute atomic E-state index is 0.107. The molecule has 2 aliphatic heterocycles. The number of benzene rings is 1. The zero-order valence-electron chi connectivity index (χ0n) is 16.8. The molecule has 9 nitrogen and oxygen atoms in total. The van der Waals surface area contributed by atoms with Crippen molar-refractivity contribution in [3.05, 3.63) is 41.7 Å². The molecule has 1 N–H and O–H groups in total. The Morgan fingerprint density at radius 2 is 1.97 bits per heavy atom. The Kier molecular flexibility index (Phi) is 5.53. The maximum Gasteiger partial charge on any atom is 0.314 e. The van der Waals surface area contributed by atoms with Gasteiger partial charge in [-0.3, -0.25) is 9.69 Å². The quantitative estimate of drug-likeness (QED) is 0.785. The van der Waals surface area contributed by atoms with Crippen LogP contribution < -0.4 is 4.74 Å². The van der Waals surface area contributed by atoms with Crippen LogP contribution in [0.25, 0.3) is 0 Å². The van der Waals surface area contributed by atoms with Crippen LogP contribution in [0.15, 0.2) is 30.3 Å². The molecule has 29 heavy (non-hydrogen) atoms. The summed E-state index contributed by atoms with van der Waals surface area (Å²) < 4.78 is 12.1. The third-order valence-electron chi connectivity index (χ3n) is 5.85. The van der Waals surface area contributed by atoms with Crippen LogP contribution in [0.1, 0.15) is 22.6 Å². The van der Waals surface area contributed by atoms with E-state index >= 15 is 0 Å². The molecular formula is C20H27N5O4. The lowest BCUT2D eigenvalue weighted by Crippen LogP contribution is -2.63. The average molecular weight is 401 g/mol. The van der Waals surface area contributed by atoms with Crippen LogP contribution >= 0.6 is 0 Å². The third-order valence-corrected chi connectivity index (χ3v) is 5.85. The molecule has 0 bridgehead atoms. The summed E-state index contributed by atoms with van der Waals surface area (Å²) in [6.45, 7) is 3.49. The average Bonchev–Trinajstić information content (AvgIpc) is 3.15. The van der Waals surface area contributed by atoms with Crippen molar-refractivity contribution in [1.82, 2.24) is 24.6 Å². The molecule has 1 amide bonds. The first-order chi connectivity index (χ1) is 14.0. The number of piperidine rings is 1. The predicted molar refractivity (Wildman–Crippen MR) is 105 cm³/mol. The van der Waals surface area contributed by atoms with Gasteiger partial charge in [0.15, 0.2) is 0 Å². The van der Waals surface area contributed by atoms with Crippen molar-refractivity contribution in [3.63, 3.8) is 0 Å². The van der Waals surface area contributed by atoms with Gasteiger partial charge in [-0.25, -0.2) is 4.68 Å². The number of likely N-dealkylation sites (tertiary alicyclic amines) is 1. The Hall–Kier alpha value is -2.49. The first-order valence-corrected chi connectivity index (χ1v) is 9.87. The highest BCUT2D eigenvalue weighted by Gasteiger charge is 2.47. The van der Waals surface area contributed by atoms with Gasteiger partial charge >= 0.3 is 6.01 Å². The standard InChI is InChI=1S/C20H27N5O4/c1-23-19(28-2)21-17(22-23)18(26)25-9-8-20(27,15-6-4-3-5-7-15)16(14-25)24-10-12-29-13-11-24/h3-7,16,27H,8-14H2,1-2H3/t16-,20+/m1/s1. The Morgan fingerprint density at radius 3 is 2.62 bits per heavy atom. The molecule has 2 atom stereocenters. The summed E-state index contributed by atoms with van der Waals surface area (Å²) in [5.74, 6) is -0.146. The van der Waals surface area contributed by atoms with E-state index in [0.29, 0.717) is 32.7 Å². The lowest BCUT2D eigenvalue weighted by molar-refractivity contribution is -0.113. The lowest BCUT2D eigenvalue weighted by atomic mass is 9.79. The summed E-state index contributed by atoms with van der Waals surface area (Å²) >= 11 is 0. The number of carbonyl (C=O) groups is 1. The number of hydrogen-bond acceptors (Lipinski definition) is 7. The number of aromatic nitrogens is 3. The molecule has 2 aliphatic rings. The van der Waals surface area contributed by atoms with Crippen molar-refractivity contribution < 1.29 is 19.4 Å². The van der Waals surface area contributed by atoms with E-state index in [4.69, 9.17) is 9.47 Å². The SMILES string of the molecule is COc1nc(C(=O)N2CC[C@](O)(c3ccccc3)[C@H](N3CCOCC3)C2)nn1C. The van der Waals surface area contributed by atoms with Crippen molar-refractivity contribution in [2.24, 2.45) is 7.05 Å². The second kappa shape index (κ2) is 8.10. The van der Waals surface area contributed by atoms with Crippen molar-refractivity contribution in [1.29, 1.82) is 0 Å². The van der Waals surface area contributed by atoms with Crippen LogP contribution in [0.4, 0.5) is 0 Å². The molecule has 0 saturated carbocycles. The molecule has 0 radical (unpaired) electrons. The molecule has 3 heterocycles. The predicted octanol–water partition coefficient (Wildman–Crippen LogP) is 0.258. The number of aliphatic hydroxyl groups is 1. The maximum absolute atomic E-state index is 13.1. The normalized spacial score (nSPS) is 25.8. The van der Waals surface area contributed by atoms with E-state index in [1.165, 1.54) is 11.8 Å². The van der Waals surface area contributed by atoms with Crippen molar-refractivity contribution in [3.8, 4) is 6.01 Å². The van der Waals surface area contributed by atoms with Gasteiger partial charge in [0.2, 0.25) is 5.82 Å². The van der Waals surface area contributed by atoms with E-state index in [1.54, 1.807) is 11.9 Å². The van der Waals surface area contributed by atoms with Gasteiger partial charge in [0, 0.05) is 33.2 Å².